The van der Waals surface area contributed by atoms with E-state index in [1.165, 1.54) is 21.6 Å². The SMILES string of the molecule is CCC(=O)[O-].CCCCOc1ccc([S+](c2ccccc2)c2ccc(OCCCC)cc2)cc1. The van der Waals surface area contributed by atoms with Crippen molar-refractivity contribution in [3.63, 3.8) is 0 Å². The fraction of sp³-hybridized carbons (Fsp3) is 0.345. The van der Waals surface area contributed by atoms with Crippen molar-refractivity contribution in [3.05, 3.63) is 78.9 Å². The summed E-state index contributed by atoms with van der Waals surface area (Å²) in [7, 11) is -0.157. The smallest absolute Gasteiger partial charge is 0.166 e. The van der Waals surface area contributed by atoms with Crippen molar-refractivity contribution in [2.75, 3.05) is 13.2 Å². The Hall–Kier alpha value is -2.92. The Morgan fingerprint density at radius 2 is 1.06 bits per heavy atom. The number of carbonyl (C=O) groups is 1. The Morgan fingerprint density at radius 1 is 0.676 bits per heavy atom. The highest BCUT2D eigenvalue weighted by atomic mass is 32.2. The Bertz CT molecular complexity index is 887. The molecule has 0 saturated carbocycles. The zero-order chi connectivity index (χ0) is 24.6. The molecule has 0 heterocycles. The van der Waals surface area contributed by atoms with Crippen molar-refractivity contribution in [1.29, 1.82) is 0 Å². The van der Waals surface area contributed by atoms with E-state index in [1.807, 2.05) is 0 Å². The summed E-state index contributed by atoms with van der Waals surface area (Å²) in [5.74, 6) is 0.891. The predicted octanol–water partition coefficient (Wildman–Crippen LogP) is 6.29. The molecule has 3 rings (SSSR count). The van der Waals surface area contributed by atoms with Crippen molar-refractivity contribution in [2.24, 2.45) is 0 Å². The molecule has 0 aliphatic rings. The third kappa shape index (κ3) is 9.52. The highest BCUT2D eigenvalue weighted by molar-refractivity contribution is 7.97. The number of rotatable bonds is 12. The number of carboxylic acid groups (broad SMARTS) is 1. The molecule has 0 aliphatic heterocycles. The second-order valence-corrected chi connectivity index (χ2v) is 9.72. The van der Waals surface area contributed by atoms with Gasteiger partial charge < -0.3 is 19.4 Å². The monoisotopic (exact) mass is 480 g/mol. The van der Waals surface area contributed by atoms with E-state index in [1.54, 1.807) is 0 Å². The predicted molar refractivity (Wildman–Crippen MR) is 138 cm³/mol. The molecule has 0 unspecified atom stereocenters. The van der Waals surface area contributed by atoms with Gasteiger partial charge in [-0.1, -0.05) is 51.8 Å². The van der Waals surface area contributed by atoms with Crippen molar-refractivity contribution in [2.45, 2.75) is 67.6 Å². The van der Waals surface area contributed by atoms with E-state index in [-0.39, 0.29) is 17.3 Å². The minimum absolute atomic E-state index is 0.111. The van der Waals surface area contributed by atoms with Crippen LogP contribution in [0.4, 0.5) is 0 Å². The van der Waals surface area contributed by atoms with Crippen LogP contribution in [-0.2, 0) is 15.7 Å². The number of benzene rings is 3. The fourth-order valence-corrected chi connectivity index (χ4v) is 5.04. The van der Waals surface area contributed by atoms with Crippen LogP contribution in [0.1, 0.15) is 52.9 Å². The van der Waals surface area contributed by atoms with E-state index in [9.17, 15) is 9.90 Å². The van der Waals surface area contributed by atoms with E-state index >= 15 is 0 Å². The van der Waals surface area contributed by atoms with Gasteiger partial charge in [-0.15, -0.1) is 0 Å². The molecule has 0 radical (unpaired) electrons. The number of hydrogen-bond acceptors (Lipinski definition) is 4. The molecule has 3 aromatic rings. The molecule has 0 atom stereocenters. The molecule has 182 valence electrons. The minimum Gasteiger partial charge on any atom is -0.550 e. The van der Waals surface area contributed by atoms with Gasteiger partial charge in [-0.3, -0.25) is 0 Å². The van der Waals surface area contributed by atoms with Gasteiger partial charge in [0.1, 0.15) is 11.5 Å². The molecule has 0 fully saturated rings. The maximum atomic E-state index is 9.26. The lowest BCUT2D eigenvalue weighted by Crippen LogP contribution is -2.19. The van der Waals surface area contributed by atoms with Crippen LogP contribution in [0.3, 0.4) is 0 Å². The quantitative estimate of drug-likeness (QED) is 0.226. The van der Waals surface area contributed by atoms with Crippen molar-refractivity contribution < 1.29 is 19.4 Å². The largest absolute Gasteiger partial charge is 0.550 e. The molecule has 5 heteroatoms. The number of ether oxygens (including phenoxy) is 2. The lowest BCUT2D eigenvalue weighted by molar-refractivity contribution is -0.305. The summed E-state index contributed by atoms with van der Waals surface area (Å²) in [5.41, 5.74) is 0. The first-order valence-corrected chi connectivity index (χ1v) is 13.3. The molecular formula is C29H36O4S. The standard InChI is InChI=1S/C26H31O2S.C3H6O2/c1-3-5-20-27-22-12-16-25(17-13-22)29(24-10-8-7-9-11-24)26-18-14-23(15-19-26)28-21-6-4-2;1-2-3(4)5/h7-19H,3-6,20-21H2,1-2H3;2H2,1H3,(H,4,5)/q+1;/p-1. The van der Waals surface area contributed by atoms with Gasteiger partial charge in [-0.05, 0) is 79.9 Å². The third-order valence-corrected chi connectivity index (χ3v) is 7.15. The number of carbonyl (C=O) groups excluding carboxylic acids is 1. The molecule has 0 saturated heterocycles. The summed E-state index contributed by atoms with van der Waals surface area (Å²) in [6.07, 6.45) is 4.58. The van der Waals surface area contributed by atoms with Gasteiger partial charge in [-0.2, -0.15) is 0 Å². The Labute approximate surface area is 207 Å². The van der Waals surface area contributed by atoms with Gasteiger partial charge in [0, 0.05) is 5.97 Å². The number of hydrogen-bond donors (Lipinski definition) is 0. The van der Waals surface area contributed by atoms with Crippen LogP contribution >= 0.6 is 0 Å². The second-order valence-electron chi connectivity index (χ2n) is 7.69. The number of aliphatic carboxylic acids is 1. The molecule has 0 aromatic heterocycles. The van der Waals surface area contributed by atoms with Crippen LogP contribution in [0.15, 0.2) is 93.5 Å². The summed E-state index contributed by atoms with van der Waals surface area (Å²) in [4.78, 5) is 13.1. The topological polar surface area (TPSA) is 58.6 Å². The van der Waals surface area contributed by atoms with Crippen LogP contribution in [0.5, 0.6) is 11.5 Å². The molecule has 0 aliphatic carbocycles. The summed E-state index contributed by atoms with van der Waals surface area (Å²) in [6.45, 7) is 7.45. The van der Waals surface area contributed by atoms with Crippen LogP contribution in [0, 0.1) is 0 Å². The van der Waals surface area contributed by atoms with E-state index in [0.717, 1.165) is 50.4 Å². The molecule has 3 aromatic carbocycles. The normalized spacial score (nSPS) is 10.4. The van der Waals surface area contributed by atoms with Crippen LogP contribution in [0.25, 0.3) is 0 Å². The molecule has 4 nitrogen and oxygen atoms in total. The maximum absolute atomic E-state index is 9.26. The first-order chi connectivity index (χ1) is 16.6. The number of carboxylic acids is 1. The van der Waals surface area contributed by atoms with Crippen molar-refractivity contribution in [3.8, 4) is 11.5 Å². The molecule has 0 N–H and O–H groups in total. The molecule has 34 heavy (non-hydrogen) atoms. The van der Waals surface area contributed by atoms with Gasteiger partial charge in [0.2, 0.25) is 0 Å². The Balaban J connectivity index is 0.000000739. The lowest BCUT2D eigenvalue weighted by Gasteiger charge is -2.10. The second kappa shape index (κ2) is 15.8. The zero-order valence-electron chi connectivity index (χ0n) is 20.5. The van der Waals surface area contributed by atoms with E-state index < -0.39 is 5.97 Å². The maximum Gasteiger partial charge on any atom is 0.166 e. The Morgan fingerprint density at radius 3 is 1.41 bits per heavy atom. The summed E-state index contributed by atoms with van der Waals surface area (Å²) < 4.78 is 11.7. The molecular weight excluding hydrogens is 444 g/mol. The average molecular weight is 481 g/mol. The highest BCUT2D eigenvalue weighted by Crippen LogP contribution is 2.33. The third-order valence-electron chi connectivity index (χ3n) is 4.92. The fourth-order valence-electron chi connectivity index (χ4n) is 2.98. The minimum atomic E-state index is -0.995. The first kappa shape index (κ1) is 27.3. The van der Waals surface area contributed by atoms with E-state index in [4.69, 9.17) is 9.47 Å². The van der Waals surface area contributed by atoms with E-state index in [0.29, 0.717) is 0 Å². The summed E-state index contributed by atoms with van der Waals surface area (Å²) in [6, 6.07) is 27.9. The molecule has 0 spiro atoms. The van der Waals surface area contributed by atoms with Crippen molar-refractivity contribution >= 4 is 16.9 Å². The number of unbranched alkanes of at least 4 members (excludes halogenated alkanes) is 2. The molecule has 0 amide bonds. The summed E-state index contributed by atoms with van der Waals surface area (Å²) >= 11 is 0. The van der Waals surface area contributed by atoms with Crippen molar-refractivity contribution in [1.82, 2.24) is 0 Å². The highest BCUT2D eigenvalue weighted by Gasteiger charge is 2.28. The van der Waals surface area contributed by atoms with E-state index in [2.05, 4.69) is 92.7 Å². The first-order valence-electron chi connectivity index (χ1n) is 12.0. The van der Waals surface area contributed by atoms with Gasteiger partial charge in [0.05, 0.1) is 24.1 Å². The summed E-state index contributed by atoms with van der Waals surface area (Å²) in [5, 5.41) is 9.26. The Kier molecular flexibility index (Phi) is 12.7. The molecule has 0 bridgehead atoms. The average Bonchev–Trinajstić information content (AvgIpc) is 2.87. The van der Waals surface area contributed by atoms with Crippen LogP contribution < -0.4 is 14.6 Å². The van der Waals surface area contributed by atoms with Gasteiger partial charge >= 0.3 is 0 Å². The van der Waals surface area contributed by atoms with Gasteiger partial charge in [0.25, 0.3) is 0 Å². The lowest BCUT2D eigenvalue weighted by atomic mass is 10.3. The van der Waals surface area contributed by atoms with Crippen LogP contribution in [-0.4, -0.2) is 19.2 Å². The zero-order valence-corrected chi connectivity index (χ0v) is 21.3. The van der Waals surface area contributed by atoms with Crippen LogP contribution in [0.2, 0.25) is 0 Å². The van der Waals surface area contributed by atoms with Gasteiger partial charge in [0.15, 0.2) is 14.7 Å². The van der Waals surface area contributed by atoms with Gasteiger partial charge in [-0.25, -0.2) is 0 Å².